The van der Waals surface area contributed by atoms with Gasteiger partial charge in [0.1, 0.15) is 5.75 Å². The summed E-state index contributed by atoms with van der Waals surface area (Å²) in [5.41, 5.74) is 2.92. The molecule has 2 amide bonds. The van der Waals surface area contributed by atoms with Gasteiger partial charge in [0.05, 0.1) is 24.9 Å². The van der Waals surface area contributed by atoms with Gasteiger partial charge in [0, 0.05) is 26.2 Å². The van der Waals surface area contributed by atoms with E-state index in [0.717, 1.165) is 49.4 Å². The number of hydrogen-bond donors (Lipinski definition) is 0. The molecule has 1 spiro atoms. The van der Waals surface area contributed by atoms with Crippen LogP contribution in [0.4, 0.5) is 0 Å². The Kier molecular flexibility index (Phi) is 6.28. The predicted octanol–water partition coefficient (Wildman–Crippen LogP) is 3.28. The Labute approximate surface area is 205 Å². The van der Waals surface area contributed by atoms with Crippen molar-refractivity contribution in [1.82, 2.24) is 24.8 Å². The molecule has 2 fully saturated rings. The van der Waals surface area contributed by atoms with Gasteiger partial charge in [0.25, 0.3) is 5.91 Å². The smallest absolute Gasteiger partial charge is 0.276 e. The number of ether oxygens (including phenoxy) is 1. The standard InChI is InChI=1S/C27H31N5O3/c1-20-25(29-32(28-20)22-8-4-3-5-9-22)26(34)31-16-13-27(19-31)11-14-30(15-12-27)24(33)18-21-7-6-10-23(17-21)35-2/h3-10,17H,11-16,18-19H2,1-2H3. The number of aryl methyl sites for hydroxylation is 1. The second-order valence-corrected chi connectivity index (χ2v) is 9.64. The van der Waals surface area contributed by atoms with E-state index in [1.807, 2.05) is 71.3 Å². The predicted molar refractivity (Wildman–Crippen MR) is 132 cm³/mol. The molecule has 2 aliphatic rings. The number of amides is 2. The van der Waals surface area contributed by atoms with E-state index >= 15 is 0 Å². The van der Waals surface area contributed by atoms with Crippen LogP contribution in [0.2, 0.25) is 0 Å². The molecule has 2 aliphatic heterocycles. The van der Waals surface area contributed by atoms with Crippen molar-refractivity contribution in [3.63, 3.8) is 0 Å². The molecule has 8 nitrogen and oxygen atoms in total. The summed E-state index contributed by atoms with van der Waals surface area (Å²) in [6.07, 6.45) is 3.17. The maximum absolute atomic E-state index is 13.3. The van der Waals surface area contributed by atoms with Crippen LogP contribution in [0.15, 0.2) is 54.6 Å². The molecule has 2 saturated heterocycles. The van der Waals surface area contributed by atoms with Gasteiger partial charge in [-0.1, -0.05) is 30.3 Å². The fourth-order valence-corrected chi connectivity index (χ4v) is 5.22. The quantitative estimate of drug-likeness (QED) is 0.568. The zero-order valence-electron chi connectivity index (χ0n) is 20.3. The van der Waals surface area contributed by atoms with Crippen LogP contribution in [0.3, 0.4) is 0 Å². The minimum absolute atomic E-state index is 0.0573. The highest BCUT2D eigenvalue weighted by Gasteiger charge is 2.43. The van der Waals surface area contributed by atoms with E-state index in [1.54, 1.807) is 7.11 Å². The number of para-hydroxylation sites is 1. The van der Waals surface area contributed by atoms with E-state index in [4.69, 9.17) is 4.74 Å². The average molecular weight is 474 g/mol. The Hall–Kier alpha value is -3.68. The molecule has 2 aromatic carbocycles. The number of aromatic nitrogens is 3. The molecule has 5 rings (SSSR count). The highest BCUT2D eigenvalue weighted by molar-refractivity contribution is 5.93. The summed E-state index contributed by atoms with van der Waals surface area (Å²) in [6, 6.07) is 17.3. The van der Waals surface area contributed by atoms with Gasteiger partial charge < -0.3 is 14.5 Å². The Balaban J connectivity index is 1.19. The molecule has 1 aromatic heterocycles. The van der Waals surface area contributed by atoms with Crippen LogP contribution in [-0.2, 0) is 11.2 Å². The topological polar surface area (TPSA) is 80.6 Å². The number of hydrogen-bond acceptors (Lipinski definition) is 5. The molecule has 0 unspecified atom stereocenters. The SMILES string of the molecule is COc1cccc(CC(=O)N2CCC3(CC2)CCN(C(=O)c2nn(-c4ccccc4)nc2C)C3)c1. The molecular weight excluding hydrogens is 442 g/mol. The van der Waals surface area contributed by atoms with Crippen LogP contribution >= 0.6 is 0 Å². The zero-order valence-corrected chi connectivity index (χ0v) is 20.3. The van der Waals surface area contributed by atoms with Gasteiger partial charge >= 0.3 is 0 Å². The van der Waals surface area contributed by atoms with Crippen molar-refractivity contribution in [3.8, 4) is 11.4 Å². The lowest BCUT2D eigenvalue weighted by Crippen LogP contribution is -2.45. The molecule has 0 N–H and O–H groups in total. The van der Waals surface area contributed by atoms with E-state index in [-0.39, 0.29) is 17.2 Å². The highest BCUT2D eigenvalue weighted by Crippen LogP contribution is 2.41. The third-order valence-corrected chi connectivity index (χ3v) is 7.36. The summed E-state index contributed by atoms with van der Waals surface area (Å²) >= 11 is 0. The highest BCUT2D eigenvalue weighted by atomic mass is 16.5. The van der Waals surface area contributed by atoms with Crippen molar-refractivity contribution in [1.29, 1.82) is 0 Å². The third-order valence-electron chi connectivity index (χ3n) is 7.36. The van der Waals surface area contributed by atoms with Crippen molar-refractivity contribution < 1.29 is 14.3 Å². The first-order chi connectivity index (χ1) is 17.0. The third kappa shape index (κ3) is 4.78. The minimum atomic E-state index is -0.0573. The number of likely N-dealkylation sites (tertiary alicyclic amines) is 2. The van der Waals surface area contributed by atoms with Gasteiger partial charge in [0.2, 0.25) is 5.91 Å². The maximum atomic E-state index is 13.3. The molecule has 0 saturated carbocycles. The van der Waals surface area contributed by atoms with Crippen LogP contribution in [0.5, 0.6) is 5.75 Å². The Bertz CT molecular complexity index is 1210. The first-order valence-electron chi connectivity index (χ1n) is 12.2. The second-order valence-electron chi connectivity index (χ2n) is 9.64. The molecule has 3 aromatic rings. The number of carbonyl (C=O) groups excluding carboxylic acids is 2. The molecule has 0 bridgehead atoms. The van der Waals surface area contributed by atoms with Gasteiger partial charge in [-0.2, -0.15) is 9.90 Å². The van der Waals surface area contributed by atoms with E-state index < -0.39 is 0 Å². The maximum Gasteiger partial charge on any atom is 0.276 e. The van der Waals surface area contributed by atoms with E-state index in [1.165, 1.54) is 4.80 Å². The van der Waals surface area contributed by atoms with Crippen molar-refractivity contribution in [3.05, 3.63) is 71.5 Å². The number of methoxy groups -OCH3 is 1. The number of carbonyl (C=O) groups is 2. The number of rotatable bonds is 5. The van der Waals surface area contributed by atoms with E-state index in [2.05, 4.69) is 10.2 Å². The number of nitrogens with zero attached hydrogens (tertiary/aromatic N) is 5. The van der Waals surface area contributed by atoms with Crippen molar-refractivity contribution in [2.24, 2.45) is 5.41 Å². The number of piperidine rings is 1. The van der Waals surface area contributed by atoms with Crippen molar-refractivity contribution in [2.75, 3.05) is 33.3 Å². The monoisotopic (exact) mass is 473 g/mol. The summed E-state index contributed by atoms with van der Waals surface area (Å²) in [5, 5.41) is 8.96. The van der Waals surface area contributed by atoms with Crippen LogP contribution in [-0.4, -0.2) is 69.9 Å². The lowest BCUT2D eigenvalue weighted by atomic mass is 9.77. The lowest BCUT2D eigenvalue weighted by molar-refractivity contribution is -0.132. The van der Waals surface area contributed by atoms with Crippen LogP contribution in [0.1, 0.15) is 41.0 Å². The summed E-state index contributed by atoms with van der Waals surface area (Å²) in [4.78, 5) is 31.6. The molecule has 35 heavy (non-hydrogen) atoms. The van der Waals surface area contributed by atoms with E-state index in [0.29, 0.717) is 30.9 Å². The van der Waals surface area contributed by atoms with E-state index in [9.17, 15) is 9.59 Å². The van der Waals surface area contributed by atoms with Crippen LogP contribution in [0, 0.1) is 12.3 Å². The summed E-state index contributed by atoms with van der Waals surface area (Å²) < 4.78 is 5.27. The normalized spacial score (nSPS) is 17.1. The Morgan fingerprint density at radius 3 is 2.37 bits per heavy atom. The number of benzene rings is 2. The molecular formula is C27H31N5O3. The van der Waals surface area contributed by atoms with Crippen LogP contribution < -0.4 is 4.74 Å². The van der Waals surface area contributed by atoms with Gasteiger partial charge in [-0.25, -0.2) is 0 Å². The minimum Gasteiger partial charge on any atom is -0.497 e. The molecule has 182 valence electrons. The molecule has 8 heteroatoms. The first kappa shape index (κ1) is 23.1. The molecule has 3 heterocycles. The first-order valence-corrected chi connectivity index (χ1v) is 12.2. The lowest BCUT2D eigenvalue weighted by Gasteiger charge is -2.39. The molecule has 0 atom stereocenters. The van der Waals surface area contributed by atoms with Crippen molar-refractivity contribution >= 4 is 11.8 Å². The van der Waals surface area contributed by atoms with Gasteiger partial charge in [-0.15, -0.1) is 5.10 Å². The van der Waals surface area contributed by atoms with Crippen LogP contribution in [0.25, 0.3) is 5.69 Å². The summed E-state index contributed by atoms with van der Waals surface area (Å²) in [6.45, 7) is 4.72. The summed E-state index contributed by atoms with van der Waals surface area (Å²) in [7, 11) is 1.63. The Morgan fingerprint density at radius 2 is 1.66 bits per heavy atom. The fraction of sp³-hybridized carbons (Fsp3) is 0.407. The van der Waals surface area contributed by atoms with Gasteiger partial charge in [-0.05, 0) is 61.4 Å². The van der Waals surface area contributed by atoms with Gasteiger partial charge in [-0.3, -0.25) is 9.59 Å². The average Bonchev–Trinajstić information content (AvgIpc) is 3.48. The second kappa shape index (κ2) is 9.52. The van der Waals surface area contributed by atoms with Gasteiger partial charge in [0.15, 0.2) is 5.69 Å². The fourth-order valence-electron chi connectivity index (χ4n) is 5.22. The molecule has 0 aliphatic carbocycles. The zero-order chi connectivity index (χ0) is 24.4. The van der Waals surface area contributed by atoms with Crippen molar-refractivity contribution in [2.45, 2.75) is 32.6 Å². The molecule has 0 radical (unpaired) electrons. The largest absolute Gasteiger partial charge is 0.497 e. The summed E-state index contributed by atoms with van der Waals surface area (Å²) in [5.74, 6) is 0.855. The Morgan fingerprint density at radius 1 is 0.943 bits per heavy atom.